The van der Waals surface area contributed by atoms with Crippen LogP contribution in [0.1, 0.15) is 23.0 Å². The van der Waals surface area contributed by atoms with E-state index >= 15 is 0 Å². The highest BCUT2D eigenvalue weighted by Crippen LogP contribution is 1.98. The lowest BCUT2D eigenvalue weighted by Gasteiger charge is -1.93. The van der Waals surface area contributed by atoms with Gasteiger partial charge in [0.1, 0.15) is 5.69 Å². The summed E-state index contributed by atoms with van der Waals surface area (Å²) in [6.07, 6.45) is 1.38. The van der Waals surface area contributed by atoms with Crippen molar-refractivity contribution in [2.24, 2.45) is 0 Å². The van der Waals surface area contributed by atoms with Crippen molar-refractivity contribution in [3.8, 4) is 11.8 Å². The first-order valence-electron chi connectivity index (χ1n) is 4.52. The van der Waals surface area contributed by atoms with Gasteiger partial charge in [0.05, 0.1) is 6.54 Å². The van der Waals surface area contributed by atoms with E-state index in [1.165, 1.54) is 19.2 Å². The summed E-state index contributed by atoms with van der Waals surface area (Å²) in [5.74, 6) is 4.24. The molecular weight excluding hydrogens is 208 g/mol. The maximum absolute atomic E-state index is 10.5. The topological polar surface area (TPSA) is 79.3 Å². The van der Waals surface area contributed by atoms with Crippen LogP contribution in [0.4, 0.5) is 0 Å². The van der Waals surface area contributed by atoms with Crippen LogP contribution in [0.2, 0.25) is 0 Å². The SMILES string of the molecule is CC(=O)NCC#Cc1ccc(C(=O)O)nc1. The molecular formula is C11H10N2O3. The number of nitrogens with one attached hydrogen (secondary N) is 1. The zero-order chi connectivity index (χ0) is 12.0. The van der Waals surface area contributed by atoms with E-state index in [2.05, 4.69) is 22.1 Å². The van der Waals surface area contributed by atoms with Gasteiger partial charge < -0.3 is 10.4 Å². The number of amides is 1. The monoisotopic (exact) mass is 218 g/mol. The molecule has 2 N–H and O–H groups in total. The number of nitrogens with zero attached hydrogens (tertiary/aromatic N) is 1. The number of hydrogen-bond donors (Lipinski definition) is 2. The summed E-state index contributed by atoms with van der Waals surface area (Å²) in [6.45, 7) is 1.67. The van der Waals surface area contributed by atoms with Crippen LogP contribution in [0.3, 0.4) is 0 Å². The van der Waals surface area contributed by atoms with Crippen molar-refractivity contribution in [3.05, 3.63) is 29.6 Å². The summed E-state index contributed by atoms with van der Waals surface area (Å²) >= 11 is 0. The molecule has 0 unspecified atom stereocenters. The van der Waals surface area contributed by atoms with Gasteiger partial charge in [0.25, 0.3) is 0 Å². The van der Waals surface area contributed by atoms with Crippen LogP contribution in [0, 0.1) is 11.8 Å². The summed E-state index contributed by atoms with van der Waals surface area (Å²) in [4.78, 5) is 24.7. The molecule has 5 nitrogen and oxygen atoms in total. The molecule has 82 valence electrons. The third kappa shape index (κ3) is 3.80. The fraction of sp³-hybridized carbons (Fsp3) is 0.182. The zero-order valence-corrected chi connectivity index (χ0v) is 8.65. The molecule has 0 saturated carbocycles. The molecule has 0 aromatic carbocycles. The van der Waals surface area contributed by atoms with E-state index in [4.69, 9.17) is 5.11 Å². The number of pyridine rings is 1. The maximum Gasteiger partial charge on any atom is 0.354 e. The highest BCUT2D eigenvalue weighted by Gasteiger charge is 2.01. The molecule has 0 saturated heterocycles. The molecule has 1 rings (SSSR count). The van der Waals surface area contributed by atoms with E-state index in [0.717, 1.165) is 0 Å². The van der Waals surface area contributed by atoms with Gasteiger partial charge in [0.15, 0.2) is 0 Å². The Balaban J connectivity index is 2.61. The van der Waals surface area contributed by atoms with Crippen LogP contribution in [0.25, 0.3) is 0 Å². The second-order valence-electron chi connectivity index (χ2n) is 2.95. The van der Waals surface area contributed by atoms with Gasteiger partial charge in [0.2, 0.25) is 5.91 Å². The van der Waals surface area contributed by atoms with E-state index in [0.29, 0.717) is 5.56 Å². The number of carbonyl (C=O) groups excluding carboxylic acids is 1. The quantitative estimate of drug-likeness (QED) is 0.698. The standard InChI is InChI=1S/C11H10N2O3/c1-8(14)12-6-2-3-9-4-5-10(11(15)16)13-7-9/h4-5,7H,6H2,1H3,(H,12,14)(H,15,16). The van der Waals surface area contributed by atoms with Crippen LogP contribution >= 0.6 is 0 Å². The molecule has 0 atom stereocenters. The van der Waals surface area contributed by atoms with Crippen molar-refractivity contribution in [2.75, 3.05) is 6.54 Å². The first kappa shape index (κ1) is 11.7. The molecule has 1 heterocycles. The molecule has 1 amide bonds. The van der Waals surface area contributed by atoms with Gasteiger partial charge in [-0.05, 0) is 12.1 Å². The van der Waals surface area contributed by atoms with Crippen molar-refractivity contribution in [1.29, 1.82) is 0 Å². The van der Waals surface area contributed by atoms with Gasteiger partial charge in [-0.3, -0.25) is 4.79 Å². The van der Waals surface area contributed by atoms with E-state index in [-0.39, 0.29) is 18.1 Å². The van der Waals surface area contributed by atoms with Gasteiger partial charge in [-0.15, -0.1) is 0 Å². The van der Waals surface area contributed by atoms with E-state index < -0.39 is 5.97 Å². The fourth-order valence-electron chi connectivity index (χ4n) is 0.909. The predicted molar refractivity (Wildman–Crippen MR) is 56.8 cm³/mol. The van der Waals surface area contributed by atoms with Gasteiger partial charge >= 0.3 is 5.97 Å². The second kappa shape index (κ2) is 5.51. The highest BCUT2D eigenvalue weighted by molar-refractivity contribution is 5.85. The molecule has 0 aliphatic rings. The lowest BCUT2D eigenvalue weighted by molar-refractivity contribution is -0.118. The van der Waals surface area contributed by atoms with E-state index in [9.17, 15) is 9.59 Å². The van der Waals surface area contributed by atoms with Crippen molar-refractivity contribution in [2.45, 2.75) is 6.92 Å². The second-order valence-corrected chi connectivity index (χ2v) is 2.95. The smallest absolute Gasteiger partial charge is 0.354 e. The molecule has 1 aromatic heterocycles. The Morgan fingerprint density at radius 1 is 1.50 bits per heavy atom. The van der Waals surface area contributed by atoms with Gasteiger partial charge in [0, 0.05) is 18.7 Å². The first-order valence-corrected chi connectivity index (χ1v) is 4.52. The number of carbonyl (C=O) groups is 2. The minimum atomic E-state index is -1.07. The molecule has 0 spiro atoms. The highest BCUT2D eigenvalue weighted by atomic mass is 16.4. The minimum Gasteiger partial charge on any atom is -0.477 e. The minimum absolute atomic E-state index is 0.0209. The van der Waals surface area contributed by atoms with Crippen LogP contribution in [-0.4, -0.2) is 28.5 Å². The largest absolute Gasteiger partial charge is 0.477 e. The Bertz CT molecular complexity index is 454. The maximum atomic E-state index is 10.5. The van der Waals surface area contributed by atoms with E-state index in [1.807, 2.05) is 0 Å². The number of aromatic nitrogens is 1. The normalized spacial score (nSPS) is 8.81. The molecule has 0 bridgehead atoms. The molecule has 0 radical (unpaired) electrons. The van der Waals surface area contributed by atoms with Gasteiger partial charge in [-0.25, -0.2) is 9.78 Å². The molecule has 0 aliphatic heterocycles. The number of carboxylic acid groups (broad SMARTS) is 1. The summed E-state index contributed by atoms with van der Waals surface area (Å²) in [5, 5.41) is 11.1. The van der Waals surface area contributed by atoms with Crippen LogP contribution in [0.15, 0.2) is 18.3 Å². The van der Waals surface area contributed by atoms with E-state index in [1.54, 1.807) is 6.07 Å². The Kier molecular flexibility index (Phi) is 4.04. The molecule has 16 heavy (non-hydrogen) atoms. The lowest BCUT2D eigenvalue weighted by Crippen LogP contribution is -2.19. The van der Waals surface area contributed by atoms with Gasteiger partial charge in [-0.1, -0.05) is 11.8 Å². The number of aromatic carboxylic acids is 1. The number of carboxylic acids is 1. The Hall–Kier alpha value is -2.35. The summed E-state index contributed by atoms with van der Waals surface area (Å²) in [6, 6.07) is 2.95. The van der Waals surface area contributed by atoms with Crippen molar-refractivity contribution >= 4 is 11.9 Å². The average Bonchev–Trinajstić information content (AvgIpc) is 2.25. The number of rotatable bonds is 2. The van der Waals surface area contributed by atoms with Gasteiger partial charge in [-0.2, -0.15) is 0 Å². The summed E-state index contributed by atoms with van der Waals surface area (Å²) < 4.78 is 0. The van der Waals surface area contributed by atoms with Crippen molar-refractivity contribution < 1.29 is 14.7 Å². The van der Waals surface area contributed by atoms with Crippen LogP contribution < -0.4 is 5.32 Å². The third-order valence-corrected chi connectivity index (χ3v) is 1.64. The summed E-state index contributed by atoms with van der Waals surface area (Å²) in [5.41, 5.74) is 0.586. The molecule has 1 aromatic rings. The number of hydrogen-bond acceptors (Lipinski definition) is 3. The van der Waals surface area contributed by atoms with Crippen LogP contribution in [-0.2, 0) is 4.79 Å². The zero-order valence-electron chi connectivity index (χ0n) is 8.65. The fourth-order valence-corrected chi connectivity index (χ4v) is 0.909. The summed E-state index contributed by atoms with van der Waals surface area (Å²) in [7, 11) is 0. The third-order valence-electron chi connectivity index (χ3n) is 1.64. The average molecular weight is 218 g/mol. The Labute approximate surface area is 92.5 Å². The lowest BCUT2D eigenvalue weighted by atomic mass is 10.2. The first-order chi connectivity index (χ1) is 7.59. The van der Waals surface area contributed by atoms with Crippen LogP contribution in [0.5, 0.6) is 0 Å². The molecule has 0 aliphatic carbocycles. The molecule has 5 heteroatoms. The Morgan fingerprint density at radius 2 is 2.25 bits per heavy atom. The molecule has 0 fully saturated rings. The Morgan fingerprint density at radius 3 is 2.75 bits per heavy atom. The predicted octanol–water partition coefficient (Wildman–Crippen LogP) is 0.267. The van der Waals surface area contributed by atoms with Crippen molar-refractivity contribution in [1.82, 2.24) is 10.3 Å². The van der Waals surface area contributed by atoms with Crippen molar-refractivity contribution in [3.63, 3.8) is 0 Å².